The van der Waals surface area contributed by atoms with Crippen molar-refractivity contribution in [1.82, 2.24) is 10.2 Å². The monoisotopic (exact) mass is 360 g/mol. The lowest BCUT2D eigenvalue weighted by molar-refractivity contribution is 0.000298. The lowest BCUT2D eigenvalue weighted by Crippen LogP contribution is -2.52. The molecule has 26 heavy (non-hydrogen) atoms. The molecule has 1 atom stereocenters. The standard InChI is InChI=1S/C21H32N2O3/c1-20(2)15-21(10-12-23(13-11-21)19(24)25)9-8-18(20)22-14-16-4-6-17(26-3)7-5-16/h4-7,18,22H,8-15H2,1-3H3,(H,24,25). The van der Waals surface area contributed by atoms with Crippen molar-refractivity contribution in [3.8, 4) is 5.75 Å². The number of piperidine rings is 1. The van der Waals surface area contributed by atoms with E-state index in [-0.39, 0.29) is 5.41 Å². The fourth-order valence-electron chi connectivity index (χ4n) is 4.98. The predicted octanol–water partition coefficient (Wildman–Crippen LogP) is 4.12. The lowest BCUT2D eigenvalue weighted by atomic mass is 9.58. The highest BCUT2D eigenvalue weighted by atomic mass is 16.5. The van der Waals surface area contributed by atoms with Crippen molar-refractivity contribution < 1.29 is 14.6 Å². The lowest BCUT2D eigenvalue weighted by Gasteiger charge is -2.52. The third-order valence-corrected chi connectivity index (χ3v) is 6.54. The molecule has 2 fully saturated rings. The minimum Gasteiger partial charge on any atom is -0.497 e. The zero-order chi connectivity index (χ0) is 18.8. The molecule has 0 bridgehead atoms. The zero-order valence-corrected chi connectivity index (χ0v) is 16.3. The summed E-state index contributed by atoms with van der Waals surface area (Å²) in [5, 5.41) is 13.0. The SMILES string of the molecule is COc1ccc(CNC2CCC3(CCN(C(=O)O)CC3)CC2(C)C)cc1. The number of ether oxygens (including phenoxy) is 1. The van der Waals surface area contributed by atoms with E-state index >= 15 is 0 Å². The molecular formula is C21H32N2O3. The van der Waals surface area contributed by atoms with Crippen molar-refractivity contribution in [1.29, 1.82) is 0 Å². The molecule has 1 aromatic rings. The first-order valence-electron chi connectivity index (χ1n) is 9.68. The Hall–Kier alpha value is -1.75. The van der Waals surface area contributed by atoms with Gasteiger partial charge in [0.05, 0.1) is 7.11 Å². The van der Waals surface area contributed by atoms with Gasteiger partial charge < -0.3 is 20.1 Å². The third kappa shape index (κ3) is 4.14. The summed E-state index contributed by atoms with van der Waals surface area (Å²) in [7, 11) is 1.69. The highest BCUT2D eigenvalue weighted by Gasteiger charge is 2.46. The number of carboxylic acid groups (broad SMARTS) is 1. The first kappa shape index (κ1) is 19.0. The molecule has 0 aromatic heterocycles. The Balaban J connectivity index is 1.56. The maximum absolute atomic E-state index is 11.2. The minimum absolute atomic E-state index is 0.218. The van der Waals surface area contributed by atoms with E-state index in [2.05, 4.69) is 31.3 Å². The van der Waals surface area contributed by atoms with E-state index in [9.17, 15) is 9.90 Å². The molecule has 1 aliphatic heterocycles. The molecule has 144 valence electrons. The number of hydrogen-bond donors (Lipinski definition) is 2. The van der Waals surface area contributed by atoms with Crippen LogP contribution in [0.5, 0.6) is 5.75 Å². The van der Waals surface area contributed by atoms with Crippen LogP contribution >= 0.6 is 0 Å². The normalized spacial score (nSPS) is 24.4. The summed E-state index contributed by atoms with van der Waals surface area (Å²) in [4.78, 5) is 12.7. The van der Waals surface area contributed by atoms with Crippen LogP contribution in [-0.4, -0.2) is 42.3 Å². The number of methoxy groups -OCH3 is 1. The second-order valence-electron chi connectivity index (χ2n) is 8.76. The molecule has 1 spiro atoms. The van der Waals surface area contributed by atoms with Gasteiger partial charge in [-0.1, -0.05) is 26.0 Å². The molecule has 1 saturated carbocycles. The number of carbonyl (C=O) groups is 1. The summed E-state index contributed by atoms with van der Waals surface area (Å²) in [6.07, 6.45) is 4.78. The van der Waals surface area contributed by atoms with Gasteiger partial charge in [0.2, 0.25) is 0 Å². The van der Waals surface area contributed by atoms with Gasteiger partial charge in [-0.3, -0.25) is 0 Å². The fourth-order valence-corrected chi connectivity index (χ4v) is 4.98. The van der Waals surface area contributed by atoms with E-state index in [0.29, 0.717) is 24.5 Å². The average Bonchev–Trinajstić information content (AvgIpc) is 2.61. The Bertz CT molecular complexity index is 619. The maximum atomic E-state index is 11.2. The van der Waals surface area contributed by atoms with E-state index in [1.165, 1.54) is 18.4 Å². The Labute approximate surface area is 156 Å². The first-order chi connectivity index (χ1) is 12.3. The van der Waals surface area contributed by atoms with E-state index in [1.54, 1.807) is 12.0 Å². The molecule has 2 N–H and O–H groups in total. The molecule has 5 nitrogen and oxygen atoms in total. The van der Waals surface area contributed by atoms with Crippen molar-refractivity contribution >= 4 is 6.09 Å². The summed E-state index contributed by atoms with van der Waals surface area (Å²) in [6, 6.07) is 8.74. The largest absolute Gasteiger partial charge is 0.497 e. The van der Waals surface area contributed by atoms with E-state index < -0.39 is 6.09 Å². The van der Waals surface area contributed by atoms with Gasteiger partial charge in [-0.2, -0.15) is 0 Å². The highest BCUT2D eigenvalue weighted by Crippen LogP contribution is 2.51. The van der Waals surface area contributed by atoms with Gasteiger partial charge in [0.25, 0.3) is 0 Å². The van der Waals surface area contributed by atoms with Crippen molar-refractivity contribution in [2.75, 3.05) is 20.2 Å². The van der Waals surface area contributed by atoms with E-state index in [4.69, 9.17) is 4.74 Å². The molecule has 1 aliphatic carbocycles. The Morgan fingerprint density at radius 2 is 1.88 bits per heavy atom. The third-order valence-electron chi connectivity index (χ3n) is 6.54. The molecule has 2 aliphatic rings. The molecule has 0 radical (unpaired) electrons. The Kier molecular flexibility index (Phi) is 5.47. The van der Waals surface area contributed by atoms with Crippen molar-refractivity contribution in [2.24, 2.45) is 10.8 Å². The van der Waals surface area contributed by atoms with Crippen LogP contribution in [0.1, 0.15) is 51.5 Å². The van der Waals surface area contributed by atoms with Gasteiger partial charge in [-0.25, -0.2) is 4.79 Å². The zero-order valence-electron chi connectivity index (χ0n) is 16.3. The molecule has 1 saturated heterocycles. The average molecular weight is 360 g/mol. The molecule has 1 heterocycles. The van der Waals surface area contributed by atoms with Gasteiger partial charge in [-0.05, 0) is 60.6 Å². The van der Waals surface area contributed by atoms with Crippen LogP contribution < -0.4 is 10.1 Å². The molecule has 5 heteroatoms. The number of rotatable bonds is 4. The minimum atomic E-state index is -0.769. The predicted molar refractivity (Wildman–Crippen MR) is 103 cm³/mol. The summed E-state index contributed by atoms with van der Waals surface area (Å²) >= 11 is 0. The van der Waals surface area contributed by atoms with Crippen LogP contribution in [0, 0.1) is 10.8 Å². The summed E-state index contributed by atoms with van der Waals surface area (Å²) in [6.45, 7) is 6.98. The number of amides is 1. The number of hydrogen-bond acceptors (Lipinski definition) is 3. The summed E-state index contributed by atoms with van der Waals surface area (Å²) in [5.41, 5.74) is 1.82. The quantitative estimate of drug-likeness (QED) is 0.848. The van der Waals surface area contributed by atoms with Crippen LogP contribution in [0.2, 0.25) is 0 Å². The topological polar surface area (TPSA) is 61.8 Å². The molecular weight excluding hydrogens is 328 g/mol. The second kappa shape index (κ2) is 7.47. The number of nitrogens with zero attached hydrogens (tertiary/aromatic N) is 1. The Morgan fingerprint density at radius 3 is 2.42 bits per heavy atom. The number of benzene rings is 1. The van der Waals surface area contributed by atoms with E-state index in [1.807, 2.05) is 12.1 Å². The summed E-state index contributed by atoms with van der Waals surface area (Å²) < 4.78 is 5.22. The number of likely N-dealkylation sites (tertiary alicyclic amines) is 1. The van der Waals surface area contributed by atoms with Gasteiger partial charge in [0.15, 0.2) is 0 Å². The van der Waals surface area contributed by atoms with E-state index in [0.717, 1.165) is 31.6 Å². The Morgan fingerprint density at radius 1 is 1.23 bits per heavy atom. The van der Waals surface area contributed by atoms with Crippen LogP contribution in [-0.2, 0) is 6.54 Å². The van der Waals surface area contributed by atoms with Crippen LogP contribution in [0.4, 0.5) is 4.79 Å². The fraction of sp³-hybridized carbons (Fsp3) is 0.667. The second-order valence-corrected chi connectivity index (χ2v) is 8.76. The first-order valence-corrected chi connectivity index (χ1v) is 9.68. The van der Waals surface area contributed by atoms with Crippen molar-refractivity contribution in [2.45, 2.75) is 58.5 Å². The van der Waals surface area contributed by atoms with Gasteiger partial charge in [0, 0.05) is 25.7 Å². The smallest absolute Gasteiger partial charge is 0.407 e. The van der Waals surface area contributed by atoms with Crippen LogP contribution in [0.25, 0.3) is 0 Å². The maximum Gasteiger partial charge on any atom is 0.407 e. The highest BCUT2D eigenvalue weighted by molar-refractivity contribution is 5.65. The molecule has 1 unspecified atom stereocenters. The summed E-state index contributed by atoms with van der Waals surface area (Å²) in [5.74, 6) is 0.890. The van der Waals surface area contributed by atoms with Gasteiger partial charge in [-0.15, -0.1) is 0 Å². The molecule has 1 amide bonds. The van der Waals surface area contributed by atoms with Crippen LogP contribution in [0.3, 0.4) is 0 Å². The van der Waals surface area contributed by atoms with Gasteiger partial charge >= 0.3 is 6.09 Å². The van der Waals surface area contributed by atoms with Crippen LogP contribution in [0.15, 0.2) is 24.3 Å². The molecule has 1 aromatic carbocycles. The molecule has 3 rings (SSSR count). The van der Waals surface area contributed by atoms with Crippen molar-refractivity contribution in [3.63, 3.8) is 0 Å². The number of nitrogens with one attached hydrogen (secondary N) is 1. The van der Waals surface area contributed by atoms with Gasteiger partial charge in [0.1, 0.15) is 5.75 Å². The van der Waals surface area contributed by atoms with Crippen molar-refractivity contribution in [3.05, 3.63) is 29.8 Å².